The lowest BCUT2D eigenvalue weighted by Crippen LogP contribution is -2.27. The Kier molecular flexibility index (Phi) is 3.99. The second-order valence-electron chi connectivity index (χ2n) is 4.20. The maximum absolute atomic E-state index is 12.7. The molecule has 1 N–H and O–H groups in total. The number of hydrogen-bond acceptors (Lipinski definition) is 4. The van der Waals surface area contributed by atoms with E-state index in [2.05, 4.69) is 0 Å². The summed E-state index contributed by atoms with van der Waals surface area (Å²) in [5.41, 5.74) is -1.10. The molecule has 2 amide bonds. The maximum Gasteiger partial charge on any atom is 0.419 e. The van der Waals surface area contributed by atoms with Crippen LogP contribution in [0.2, 0.25) is 0 Å². The molecule has 0 aromatic heterocycles. The molecule has 0 bridgehead atoms. The zero-order chi connectivity index (χ0) is 15.8. The van der Waals surface area contributed by atoms with Gasteiger partial charge in [-0.05, 0) is 42.5 Å². The van der Waals surface area contributed by atoms with Gasteiger partial charge in [-0.2, -0.15) is 13.2 Å². The summed E-state index contributed by atoms with van der Waals surface area (Å²) in [7, 11) is 0. The third kappa shape index (κ3) is 3.05. The average Bonchev–Trinajstić information content (AvgIpc) is 2.65. The van der Waals surface area contributed by atoms with Gasteiger partial charge in [0.1, 0.15) is 5.75 Å². The molecule has 0 aliphatic carbocycles. The van der Waals surface area contributed by atoms with Crippen LogP contribution in [-0.2, 0) is 11.0 Å². The van der Waals surface area contributed by atoms with Gasteiger partial charge < -0.3 is 5.11 Å². The average molecular weight is 317 g/mol. The fourth-order valence-electron chi connectivity index (χ4n) is 1.79. The smallest absolute Gasteiger partial charge is 0.419 e. The largest absolute Gasteiger partial charge is 0.507 e. The first-order valence-electron chi connectivity index (χ1n) is 5.89. The van der Waals surface area contributed by atoms with Crippen molar-refractivity contribution in [1.82, 2.24) is 4.90 Å². The number of nitrogens with zero attached hydrogens (tertiary/aromatic N) is 1. The third-order valence-corrected chi connectivity index (χ3v) is 3.72. The van der Waals surface area contributed by atoms with E-state index in [0.29, 0.717) is 11.8 Å². The Morgan fingerprint density at radius 1 is 1.33 bits per heavy atom. The first-order valence-corrected chi connectivity index (χ1v) is 6.71. The SMILES string of the molecule is CCN1C(=O)S/C(=C\c2ccc(O)c(C(F)(F)F)c2)C1=O. The molecule has 0 radical (unpaired) electrons. The number of alkyl halides is 3. The Hall–Kier alpha value is -1.96. The van der Waals surface area contributed by atoms with Crippen molar-refractivity contribution in [3.05, 3.63) is 34.2 Å². The fourth-order valence-corrected chi connectivity index (χ4v) is 2.70. The molecule has 2 rings (SSSR count). The van der Waals surface area contributed by atoms with E-state index in [-0.39, 0.29) is 17.0 Å². The second kappa shape index (κ2) is 5.44. The summed E-state index contributed by atoms with van der Waals surface area (Å²) in [6.45, 7) is 1.83. The molecular formula is C13H10F3NO3S. The number of amides is 2. The summed E-state index contributed by atoms with van der Waals surface area (Å²) in [4.78, 5) is 24.4. The van der Waals surface area contributed by atoms with Crippen molar-refractivity contribution >= 4 is 29.0 Å². The van der Waals surface area contributed by atoms with E-state index in [1.165, 1.54) is 12.1 Å². The van der Waals surface area contributed by atoms with Gasteiger partial charge in [0.25, 0.3) is 11.1 Å². The van der Waals surface area contributed by atoms with Gasteiger partial charge in [0, 0.05) is 6.54 Å². The third-order valence-electron chi connectivity index (χ3n) is 2.81. The van der Waals surface area contributed by atoms with Crippen LogP contribution in [0.25, 0.3) is 6.08 Å². The molecule has 0 spiro atoms. The molecule has 1 aromatic rings. The maximum atomic E-state index is 12.7. The molecule has 112 valence electrons. The Balaban J connectivity index is 2.39. The van der Waals surface area contributed by atoms with Gasteiger partial charge in [-0.1, -0.05) is 6.07 Å². The van der Waals surface area contributed by atoms with Crippen molar-refractivity contribution in [2.24, 2.45) is 0 Å². The van der Waals surface area contributed by atoms with Crippen molar-refractivity contribution in [2.45, 2.75) is 13.1 Å². The van der Waals surface area contributed by atoms with Crippen LogP contribution in [0.1, 0.15) is 18.1 Å². The van der Waals surface area contributed by atoms with E-state index in [1.807, 2.05) is 0 Å². The number of carbonyl (C=O) groups excluding carboxylic acids is 2. The van der Waals surface area contributed by atoms with E-state index in [4.69, 9.17) is 0 Å². The quantitative estimate of drug-likeness (QED) is 0.849. The summed E-state index contributed by atoms with van der Waals surface area (Å²) in [5.74, 6) is -1.42. The van der Waals surface area contributed by atoms with E-state index in [9.17, 15) is 27.9 Å². The summed E-state index contributed by atoms with van der Waals surface area (Å²) < 4.78 is 38.0. The van der Waals surface area contributed by atoms with Crippen LogP contribution in [0.5, 0.6) is 5.75 Å². The highest BCUT2D eigenvalue weighted by atomic mass is 32.2. The highest BCUT2D eigenvalue weighted by Crippen LogP contribution is 2.37. The summed E-state index contributed by atoms with van der Waals surface area (Å²) in [5, 5.41) is 8.78. The van der Waals surface area contributed by atoms with E-state index < -0.39 is 28.6 Å². The molecule has 8 heteroatoms. The molecule has 0 atom stereocenters. The molecule has 1 aromatic carbocycles. The monoisotopic (exact) mass is 317 g/mol. The number of aromatic hydroxyl groups is 1. The number of imide groups is 1. The molecule has 0 unspecified atom stereocenters. The predicted molar refractivity (Wildman–Crippen MR) is 71.5 cm³/mol. The standard InChI is InChI=1S/C13H10F3NO3S/c1-2-17-11(19)10(21-12(17)20)6-7-3-4-9(18)8(5-7)13(14,15)16/h3-6,18H,2H2,1H3/b10-6-. The molecule has 21 heavy (non-hydrogen) atoms. The van der Waals surface area contributed by atoms with Crippen molar-refractivity contribution in [2.75, 3.05) is 6.54 Å². The van der Waals surface area contributed by atoms with Crippen LogP contribution in [0.15, 0.2) is 23.1 Å². The Bertz CT molecular complexity index is 640. The summed E-state index contributed by atoms with van der Waals surface area (Å²) in [6, 6.07) is 2.87. The Morgan fingerprint density at radius 3 is 2.52 bits per heavy atom. The number of thioether (sulfide) groups is 1. The Morgan fingerprint density at radius 2 is 2.00 bits per heavy atom. The molecule has 1 fully saturated rings. The molecule has 4 nitrogen and oxygen atoms in total. The van der Waals surface area contributed by atoms with Gasteiger partial charge in [0.05, 0.1) is 10.5 Å². The predicted octanol–water partition coefficient (Wildman–Crippen LogP) is 3.47. The Labute approximate surface area is 122 Å². The summed E-state index contributed by atoms with van der Waals surface area (Å²) >= 11 is 0.674. The topological polar surface area (TPSA) is 57.6 Å². The van der Waals surface area contributed by atoms with Crippen LogP contribution in [-0.4, -0.2) is 27.7 Å². The molecule has 1 saturated heterocycles. The zero-order valence-corrected chi connectivity index (χ0v) is 11.6. The highest BCUT2D eigenvalue weighted by Gasteiger charge is 2.35. The molecule has 1 heterocycles. The number of likely N-dealkylation sites (N-methyl/N-ethyl adjacent to an activating group) is 1. The van der Waals surface area contributed by atoms with Crippen LogP contribution >= 0.6 is 11.8 Å². The lowest BCUT2D eigenvalue weighted by atomic mass is 10.1. The zero-order valence-electron chi connectivity index (χ0n) is 10.8. The summed E-state index contributed by atoms with van der Waals surface area (Å²) in [6.07, 6.45) is -3.49. The molecule has 1 aliphatic heterocycles. The number of carbonyl (C=O) groups is 2. The lowest BCUT2D eigenvalue weighted by molar-refractivity contribution is -0.138. The fraction of sp³-hybridized carbons (Fsp3) is 0.231. The van der Waals surface area contributed by atoms with Crippen molar-refractivity contribution in [3.63, 3.8) is 0 Å². The van der Waals surface area contributed by atoms with Gasteiger partial charge in [-0.3, -0.25) is 14.5 Å². The van der Waals surface area contributed by atoms with Gasteiger partial charge in [-0.25, -0.2) is 0 Å². The van der Waals surface area contributed by atoms with Crippen molar-refractivity contribution in [3.8, 4) is 5.75 Å². The number of phenols is 1. The van der Waals surface area contributed by atoms with Gasteiger partial charge in [-0.15, -0.1) is 0 Å². The molecular weight excluding hydrogens is 307 g/mol. The minimum atomic E-state index is -4.70. The van der Waals surface area contributed by atoms with Crippen LogP contribution < -0.4 is 0 Å². The van der Waals surface area contributed by atoms with Gasteiger partial charge in [0.15, 0.2) is 0 Å². The van der Waals surface area contributed by atoms with Crippen LogP contribution in [0.3, 0.4) is 0 Å². The number of benzene rings is 1. The van der Waals surface area contributed by atoms with Gasteiger partial charge in [0.2, 0.25) is 0 Å². The van der Waals surface area contributed by atoms with Crippen LogP contribution in [0, 0.1) is 0 Å². The lowest BCUT2D eigenvalue weighted by Gasteiger charge is -2.09. The number of hydrogen-bond donors (Lipinski definition) is 1. The van der Waals surface area contributed by atoms with Crippen molar-refractivity contribution in [1.29, 1.82) is 0 Å². The van der Waals surface area contributed by atoms with Crippen molar-refractivity contribution < 1.29 is 27.9 Å². The second-order valence-corrected chi connectivity index (χ2v) is 5.19. The van der Waals surface area contributed by atoms with E-state index in [0.717, 1.165) is 17.0 Å². The first kappa shape index (κ1) is 15.4. The van der Waals surface area contributed by atoms with Crippen LogP contribution in [0.4, 0.5) is 18.0 Å². The first-order chi connectivity index (χ1) is 9.74. The minimum absolute atomic E-state index is 0.0562. The van der Waals surface area contributed by atoms with E-state index >= 15 is 0 Å². The minimum Gasteiger partial charge on any atom is -0.507 e. The number of rotatable bonds is 2. The molecule has 1 aliphatic rings. The number of halogens is 3. The molecule has 0 saturated carbocycles. The van der Waals surface area contributed by atoms with Gasteiger partial charge >= 0.3 is 6.18 Å². The normalized spacial score (nSPS) is 17.9. The number of phenolic OH excluding ortho intramolecular Hbond substituents is 1. The van der Waals surface area contributed by atoms with E-state index in [1.54, 1.807) is 6.92 Å². The highest BCUT2D eigenvalue weighted by molar-refractivity contribution is 8.18.